The fourth-order valence-corrected chi connectivity index (χ4v) is 3.78. The van der Waals surface area contributed by atoms with Crippen molar-refractivity contribution in [3.63, 3.8) is 0 Å². The molecule has 0 aliphatic carbocycles. The van der Waals surface area contributed by atoms with Crippen LogP contribution in [0.4, 0.5) is 13.2 Å². The van der Waals surface area contributed by atoms with Crippen molar-refractivity contribution in [1.82, 2.24) is 14.9 Å². The zero-order chi connectivity index (χ0) is 21.6. The molecule has 0 bridgehead atoms. The van der Waals surface area contributed by atoms with E-state index in [1.165, 1.54) is 4.57 Å². The smallest absolute Gasteiger partial charge is 0.346 e. The molecule has 1 aromatic heterocycles. The van der Waals surface area contributed by atoms with Gasteiger partial charge >= 0.3 is 6.18 Å². The van der Waals surface area contributed by atoms with Crippen LogP contribution in [0.2, 0.25) is 0 Å². The molecule has 2 aromatic carbocycles. The minimum absolute atomic E-state index is 0.230. The molecule has 1 amide bonds. The van der Waals surface area contributed by atoms with Crippen molar-refractivity contribution < 1.29 is 18.0 Å². The normalized spacial score (nSPS) is 11.6. The summed E-state index contributed by atoms with van der Waals surface area (Å²) in [4.78, 5) is 29.2. The predicted octanol–water partition coefficient (Wildman–Crippen LogP) is 3.80. The SMILES string of the molecule is O=C(CSc1nc2ccccc2c(=O)n1CCCc1ccccc1)NCC(F)(F)F. The summed E-state index contributed by atoms with van der Waals surface area (Å²) in [6, 6.07) is 16.7. The first-order valence-corrected chi connectivity index (χ1v) is 10.3. The molecule has 3 rings (SSSR count). The minimum Gasteiger partial charge on any atom is -0.346 e. The number of rotatable bonds is 8. The van der Waals surface area contributed by atoms with E-state index in [1.807, 2.05) is 35.6 Å². The summed E-state index contributed by atoms with van der Waals surface area (Å²) in [7, 11) is 0. The van der Waals surface area contributed by atoms with Gasteiger partial charge in [0.05, 0.1) is 16.7 Å². The highest BCUT2D eigenvalue weighted by molar-refractivity contribution is 7.99. The van der Waals surface area contributed by atoms with Gasteiger partial charge in [0.25, 0.3) is 5.56 Å². The van der Waals surface area contributed by atoms with Crippen molar-refractivity contribution in [3.05, 3.63) is 70.5 Å². The lowest BCUT2D eigenvalue weighted by Gasteiger charge is -2.13. The van der Waals surface area contributed by atoms with Gasteiger partial charge in [-0.3, -0.25) is 14.2 Å². The van der Waals surface area contributed by atoms with Gasteiger partial charge in [-0.2, -0.15) is 13.2 Å². The molecule has 0 saturated heterocycles. The fourth-order valence-electron chi connectivity index (χ4n) is 2.92. The number of aryl methyl sites for hydroxylation is 1. The minimum atomic E-state index is -4.47. The van der Waals surface area contributed by atoms with Gasteiger partial charge in [0.1, 0.15) is 6.54 Å². The van der Waals surface area contributed by atoms with Gasteiger partial charge in [-0.25, -0.2) is 4.98 Å². The van der Waals surface area contributed by atoms with Crippen molar-refractivity contribution in [2.45, 2.75) is 30.7 Å². The Morgan fingerprint density at radius 1 is 1.07 bits per heavy atom. The maximum atomic E-state index is 13.0. The first kappa shape index (κ1) is 21.9. The molecule has 0 fully saturated rings. The Bertz CT molecular complexity index is 1070. The Balaban J connectivity index is 1.76. The molecule has 0 radical (unpaired) electrons. The summed E-state index contributed by atoms with van der Waals surface area (Å²) in [5, 5.41) is 2.60. The summed E-state index contributed by atoms with van der Waals surface area (Å²) >= 11 is 0.953. The molecule has 9 heteroatoms. The number of halogens is 3. The van der Waals surface area contributed by atoms with Gasteiger partial charge < -0.3 is 5.32 Å². The van der Waals surface area contributed by atoms with E-state index < -0.39 is 18.6 Å². The number of carbonyl (C=O) groups is 1. The number of carbonyl (C=O) groups excluding carboxylic acids is 1. The van der Waals surface area contributed by atoms with Gasteiger partial charge in [-0.1, -0.05) is 54.2 Å². The summed E-state index contributed by atoms with van der Waals surface area (Å²) in [5.41, 5.74) is 1.40. The van der Waals surface area contributed by atoms with E-state index in [0.717, 1.165) is 23.7 Å². The number of benzene rings is 2. The van der Waals surface area contributed by atoms with Gasteiger partial charge in [-0.05, 0) is 30.5 Å². The van der Waals surface area contributed by atoms with Crippen molar-refractivity contribution in [2.75, 3.05) is 12.3 Å². The molecule has 1 N–H and O–H groups in total. The Labute approximate surface area is 175 Å². The van der Waals surface area contributed by atoms with Crippen LogP contribution in [-0.2, 0) is 17.8 Å². The number of fused-ring (bicyclic) bond motifs is 1. The van der Waals surface area contributed by atoms with Crippen molar-refractivity contribution >= 4 is 28.6 Å². The van der Waals surface area contributed by atoms with Crippen molar-refractivity contribution in [2.24, 2.45) is 0 Å². The highest BCUT2D eigenvalue weighted by atomic mass is 32.2. The lowest BCUT2D eigenvalue weighted by atomic mass is 10.1. The van der Waals surface area contributed by atoms with E-state index in [1.54, 1.807) is 24.3 Å². The number of thioether (sulfide) groups is 1. The Kier molecular flexibility index (Phi) is 7.15. The molecule has 158 valence electrons. The topological polar surface area (TPSA) is 64.0 Å². The Morgan fingerprint density at radius 2 is 1.77 bits per heavy atom. The molecule has 30 heavy (non-hydrogen) atoms. The van der Waals surface area contributed by atoms with Gasteiger partial charge in [-0.15, -0.1) is 0 Å². The Hall–Kier alpha value is -2.81. The van der Waals surface area contributed by atoms with E-state index in [4.69, 9.17) is 0 Å². The molecule has 3 aromatic rings. The van der Waals surface area contributed by atoms with Crippen LogP contribution in [0.1, 0.15) is 12.0 Å². The third kappa shape index (κ3) is 6.09. The van der Waals surface area contributed by atoms with Crippen LogP contribution in [0.3, 0.4) is 0 Å². The number of aromatic nitrogens is 2. The predicted molar refractivity (Wildman–Crippen MR) is 111 cm³/mol. The van der Waals surface area contributed by atoms with Crippen LogP contribution in [0, 0.1) is 0 Å². The molecule has 5 nitrogen and oxygen atoms in total. The van der Waals surface area contributed by atoms with E-state index in [0.29, 0.717) is 29.0 Å². The second kappa shape index (κ2) is 9.80. The molecule has 1 heterocycles. The highest BCUT2D eigenvalue weighted by Gasteiger charge is 2.27. The molecule has 0 spiro atoms. The number of nitrogens with zero attached hydrogens (tertiary/aromatic N) is 2. The van der Waals surface area contributed by atoms with E-state index in [-0.39, 0.29) is 11.3 Å². The third-order valence-corrected chi connectivity index (χ3v) is 5.31. The number of nitrogens with one attached hydrogen (secondary N) is 1. The second-order valence-corrected chi connectivity index (χ2v) is 7.58. The standard InChI is InChI=1S/C21H20F3N3O2S/c22-21(23,24)14-25-18(28)13-30-20-26-17-11-5-4-10-16(17)19(29)27(20)12-6-9-15-7-2-1-3-8-15/h1-5,7-8,10-11H,6,9,12-14H2,(H,25,28). The van der Waals surface area contributed by atoms with Crippen LogP contribution in [0.15, 0.2) is 64.5 Å². The lowest BCUT2D eigenvalue weighted by Crippen LogP contribution is -2.35. The van der Waals surface area contributed by atoms with Gasteiger partial charge in [0, 0.05) is 6.54 Å². The zero-order valence-electron chi connectivity index (χ0n) is 16.0. The molecular weight excluding hydrogens is 415 g/mol. The first-order valence-electron chi connectivity index (χ1n) is 9.33. The summed E-state index contributed by atoms with van der Waals surface area (Å²) < 4.78 is 38.3. The van der Waals surface area contributed by atoms with Crippen LogP contribution in [-0.4, -0.2) is 33.9 Å². The van der Waals surface area contributed by atoms with Crippen LogP contribution in [0.25, 0.3) is 10.9 Å². The number of para-hydroxylation sites is 1. The van der Waals surface area contributed by atoms with E-state index in [2.05, 4.69) is 4.98 Å². The maximum absolute atomic E-state index is 13.0. The number of hydrogen-bond donors (Lipinski definition) is 1. The average molecular weight is 435 g/mol. The average Bonchev–Trinajstić information content (AvgIpc) is 2.73. The fraction of sp³-hybridized carbons (Fsp3) is 0.286. The monoisotopic (exact) mass is 435 g/mol. The summed E-state index contributed by atoms with van der Waals surface area (Å²) in [5.74, 6) is -1.03. The second-order valence-electron chi connectivity index (χ2n) is 6.64. The van der Waals surface area contributed by atoms with E-state index >= 15 is 0 Å². The molecular formula is C21H20F3N3O2S. The van der Waals surface area contributed by atoms with Gasteiger partial charge in [0.2, 0.25) is 5.91 Å². The molecule has 0 unspecified atom stereocenters. The molecule has 0 aliphatic rings. The number of amides is 1. The van der Waals surface area contributed by atoms with Crippen molar-refractivity contribution in [1.29, 1.82) is 0 Å². The largest absolute Gasteiger partial charge is 0.405 e. The van der Waals surface area contributed by atoms with E-state index in [9.17, 15) is 22.8 Å². The zero-order valence-corrected chi connectivity index (χ0v) is 16.8. The quantitative estimate of drug-likeness (QED) is 0.432. The first-order chi connectivity index (χ1) is 14.3. The maximum Gasteiger partial charge on any atom is 0.405 e. The highest BCUT2D eigenvalue weighted by Crippen LogP contribution is 2.19. The number of alkyl halides is 3. The molecule has 0 atom stereocenters. The Morgan fingerprint density at radius 3 is 2.50 bits per heavy atom. The molecule has 0 saturated carbocycles. The summed E-state index contributed by atoms with van der Waals surface area (Å²) in [6.45, 7) is -1.00. The van der Waals surface area contributed by atoms with Gasteiger partial charge in [0.15, 0.2) is 5.16 Å². The van der Waals surface area contributed by atoms with Crippen molar-refractivity contribution in [3.8, 4) is 0 Å². The summed E-state index contributed by atoms with van der Waals surface area (Å²) in [6.07, 6.45) is -3.03. The van der Waals surface area contributed by atoms with Crippen LogP contribution in [0.5, 0.6) is 0 Å². The number of hydrogen-bond acceptors (Lipinski definition) is 4. The van der Waals surface area contributed by atoms with Crippen LogP contribution < -0.4 is 10.9 Å². The molecule has 0 aliphatic heterocycles. The van der Waals surface area contributed by atoms with Crippen LogP contribution >= 0.6 is 11.8 Å². The third-order valence-electron chi connectivity index (χ3n) is 4.33. The lowest BCUT2D eigenvalue weighted by molar-refractivity contribution is -0.136.